The minimum Gasteiger partial charge on any atom is -0.455 e. The lowest BCUT2D eigenvalue weighted by molar-refractivity contribution is -0.0500. The number of hydrogen-bond acceptors (Lipinski definition) is 5. The normalized spacial score (nSPS) is 12.2. The second-order valence-electron chi connectivity index (χ2n) is 5.63. The van der Waals surface area contributed by atoms with E-state index in [1.807, 2.05) is 0 Å². The minimum absolute atomic E-state index is 0.172. The van der Waals surface area contributed by atoms with Gasteiger partial charge in [0, 0.05) is 12.6 Å². The molecule has 0 radical (unpaired) electrons. The highest BCUT2D eigenvalue weighted by atomic mass is 32.2. The number of benzene rings is 2. The smallest absolute Gasteiger partial charge is 0.455 e. The highest BCUT2D eigenvalue weighted by Gasteiger charge is 2.49. The average molecular weight is 435 g/mol. The molecule has 3 aromatic rings. The van der Waals surface area contributed by atoms with Crippen LogP contribution in [0.5, 0.6) is 5.75 Å². The van der Waals surface area contributed by atoms with Crippen LogP contribution < -0.4 is 9.50 Å². The van der Waals surface area contributed by atoms with E-state index < -0.39 is 49.9 Å². The van der Waals surface area contributed by atoms with Gasteiger partial charge in [0.15, 0.2) is 11.6 Å². The van der Waals surface area contributed by atoms with Crippen LogP contribution in [0.2, 0.25) is 0 Å². The quantitative estimate of drug-likeness (QED) is 0.381. The molecule has 0 fully saturated rings. The average Bonchev–Trinajstić information content (AvgIpc) is 3.03. The van der Waals surface area contributed by atoms with Crippen LogP contribution in [0.15, 0.2) is 40.8 Å². The van der Waals surface area contributed by atoms with Crippen molar-refractivity contribution in [2.24, 2.45) is 0 Å². The molecule has 0 bridgehead atoms. The van der Waals surface area contributed by atoms with E-state index >= 15 is 0 Å². The lowest BCUT2D eigenvalue weighted by Crippen LogP contribution is -2.28. The fourth-order valence-corrected chi connectivity index (χ4v) is 2.97. The SMILES string of the molecule is CNC(=O)c1c(-c2ccc(F)cc2)oc2ccc(OS(=O)(=O)C(F)(F)F)c(F)c12. The summed E-state index contributed by atoms with van der Waals surface area (Å²) >= 11 is 0. The van der Waals surface area contributed by atoms with Crippen molar-refractivity contribution in [1.82, 2.24) is 5.32 Å². The summed E-state index contributed by atoms with van der Waals surface area (Å²) in [5, 5.41) is 1.62. The summed E-state index contributed by atoms with van der Waals surface area (Å²) in [6.45, 7) is 0. The Morgan fingerprint density at radius 2 is 1.69 bits per heavy atom. The van der Waals surface area contributed by atoms with Gasteiger partial charge >= 0.3 is 15.6 Å². The Bertz CT molecular complexity index is 1200. The van der Waals surface area contributed by atoms with Gasteiger partial charge in [0.1, 0.15) is 17.2 Å². The third kappa shape index (κ3) is 3.62. The molecule has 1 amide bonds. The molecule has 0 aliphatic heterocycles. The first-order valence-electron chi connectivity index (χ1n) is 7.70. The zero-order valence-corrected chi connectivity index (χ0v) is 15.1. The Morgan fingerprint density at radius 1 is 1.07 bits per heavy atom. The highest BCUT2D eigenvalue weighted by Crippen LogP contribution is 2.39. The molecule has 0 spiro atoms. The molecule has 1 aromatic heterocycles. The number of furan rings is 1. The van der Waals surface area contributed by atoms with Crippen molar-refractivity contribution >= 4 is 27.0 Å². The summed E-state index contributed by atoms with van der Waals surface area (Å²) in [4.78, 5) is 12.3. The van der Waals surface area contributed by atoms with Gasteiger partial charge in [-0.2, -0.15) is 21.6 Å². The second kappa shape index (κ2) is 7.03. The van der Waals surface area contributed by atoms with Crippen LogP contribution in [-0.2, 0) is 10.1 Å². The van der Waals surface area contributed by atoms with Crippen molar-refractivity contribution in [2.45, 2.75) is 5.51 Å². The van der Waals surface area contributed by atoms with Crippen LogP contribution in [0.1, 0.15) is 10.4 Å². The standard InChI is InChI=1S/C17H10F5NO5S/c1-23-16(24)13-12-10(27-15(13)8-2-4-9(18)5-3-8)6-7-11(14(12)19)28-29(25,26)17(20,21)22/h2-7H,1H3,(H,23,24). The topological polar surface area (TPSA) is 85.6 Å². The molecule has 0 unspecified atom stereocenters. The largest absolute Gasteiger partial charge is 0.534 e. The summed E-state index contributed by atoms with van der Waals surface area (Å²) < 4.78 is 97.3. The van der Waals surface area contributed by atoms with Crippen LogP contribution in [0, 0.1) is 11.6 Å². The van der Waals surface area contributed by atoms with E-state index in [0.717, 1.165) is 18.2 Å². The van der Waals surface area contributed by atoms with Gasteiger partial charge in [-0.05, 0) is 36.4 Å². The number of carbonyl (C=O) groups excluding carboxylic acids is 1. The van der Waals surface area contributed by atoms with Gasteiger partial charge < -0.3 is 13.9 Å². The Morgan fingerprint density at radius 3 is 2.24 bits per heavy atom. The van der Waals surface area contributed by atoms with E-state index in [4.69, 9.17) is 4.42 Å². The Hall–Kier alpha value is -3.15. The van der Waals surface area contributed by atoms with Crippen LogP contribution in [0.4, 0.5) is 22.0 Å². The number of rotatable bonds is 4. The fraction of sp³-hybridized carbons (Fsp3) is 0.118. The first kappa shape index (κ1) is 20.6. The molecule has 29 heavy (non-hydrogen) atoms. The molecule has 6 nitrogen and oxygen atoms in total. The molecule has 0 saturated heterocycles. The zero-order valence-electron chi connectivity index (χ0n) is 14.3. The van der Waals surface area contributed by atoms with E-state index in [-0.39, 0.29) is 16.9 Å². The summed E-state index contributed by atoms with van der Waals surface area (Å²) in [5.41, 5.74) is -6.31. The van der Waals surface area contributed by atoms with E-state index in [2.05, 4.69) is 9.50 Å². The molecular weight excluding hydrogens is 425 g/mol. The van der Waals surface area contributed by atoms with E-state index in [0.29, 0.717) is 6.07 Å². The first-order valence-corrected chi connectivity index (χ1v) is 9.11. The van der Waals surface area contributed by atoms with Gasteiger partial charge in [0.2, 0.25) is 0 Å². The van der Waals surface area contributed by atoms with Crippen molar-refractivity contribution in [3.8, 4) is 17.1 Å². The maximum atomic E-state index is 14.9. The van der Waals surface area contributed by atoms with E-state index in [1.165, 1.54) is 19.2 Å². The van der Waals surface area contributed by atoms with Gasteiger partial charge in [0.25, 0.3) is 5.91 Å². The summed E-state index contributed by atoms with van der Waals surface area (Å²) in [7, 11) is -4.93. The summed E-state index contributed by atoms with van der Waals surface area (Å²) in [5.74, 6) is -4.49. The maximum Gasteiger partial charge on any atom is 0.534 e. The van der Waals surface area contributed by atoms with Gasteiger partial charge in [-0.15, -0.1) is 0 Å². The van der Waals surface area contributed by atoms with Crippen molar-refractivity contribution in [2.75, 3.05) is 7.05 Å². The molecule has 2 aromatic carbocycles. The molecular formula is C17H10F5NO5S. The predicted molar refractivity (Wildman–Crippen MR) is 90.6 cm³/mol. The summed E-state index contributed by atoms with van der Waals surface area (Å²) in [6, 6.07) is 6.14. The number of nitrogens with one attached hydrogen (secondary N) is 1. The molecule has 0 saturated carbocycles. The van der Waals surface area contributed by atoms with Crippen LogP contribution >= 0.6 is 0 Å². The molecule has 1 N–H and O–H groups in total. The van der Waals surface area contributed by atoms with Crippen LogP contribution in [0.25, 0.3) is 22.3 Å². The molecule has 12 heteroatoms. The summed E-state index contributed by atoms with van der Waals surface area (Å²) in [6.07, 6.45) is 0. The number of fused-ring (bicyclic) bond motifs is 1. The van der Waals surface area contributed by atoms with Gasteiger partial charge in [-0.3, -0.25) is 4.79 Å². The highest BCUT2D eigenvalue weighted by molar-refractivity contribution is 7.88. The van der Waals surface area contributed by atoms with Crippen molar-refractivity contribution in [3.05, 3.63) is 53.6 Å². The minimum atomic E-state index is -6.14. The van der Waals surface area contributed by atoms with Crippen LogP contribution in [0.3, 0.4) is 0 Å². The van der Waals surface area contributed by atoms with E-state index in [1.54, 1.807) is 0 Å². The second-order valence-corrected chi connectivity index (χ2v) is 7.16. The van der Waals surface area contributed by atoms with Crippen molar-refractivity contribution in [1.29, 1.82) is 0 Å². The Balaban J connectivity index is 2.26. The molecule has 154 valence electrons. The number of hydrogen-bond donors (Lipinski definition) is 1. The van der Waals surface area contributed by atoms with Crippen molar-refractivity contribution in [3.63, 3.8) is 0 Å². The third-order valence-corrected chi connectivity index (χ3v) is 4.77. The molecule has 1 heterocycles. The Kier molecular flexibility index (Phi) is 4.99. The zero-order chi connectivity index (χ0) is 21.6. The lowest BCUT2D eigenvalue weighted by Gasteiger charge is -2.10. The maximum absolute atomic E-state index is 14.9. The molecule has 0 atom stereocenters. The van der Waals surface area contributed by atoms with Gasteiger partial charge in [-0.1, -0.05) is 0 Å². The number of amides is 1. The van der Waals surface area contributed by atoms with Gasteiger partial charge in [0.05, 0.1) is 10.9 Å². The number of halogens is 5. The van der Waals surface area contributed by atoms with E-state index in [9.17, 15) is 35.2 Å². The first-order chi connectivity index (χ1) is 13.5. The van der Waals surface area contributed by atoms with Crippen molar-refractivity contribution < 1.29 is 43.8 Å². The number of carbonyl (C=O) groups is 1. The third-order valence-electron chi connectivity index (χ3n) is 3.80. The van der Waals surface area contributed by atoms with Gasteiger partial charge in [-0.25, -0.2) is 8.78 Å². The van der Waals surface area contributed by atoms with Crippen LogP contribution in [-0.4, -0.2) is 26.9 Å². The monoisotopic (exact) mass is 435 g/mol. The fourth-order valence-electron chi connectivity index (χ4n) is 2.51. The molecule has 0 aliphatic rings. The Labute approximate surface area is 160 Å². The number of alkyl halides is 3. The molecule has 0 aliphatic carbocycles. The lowest BCUT2D eigenvalue weighted by atomic mass is 10.0. The molecule has 3 rings (SSSR count). The predicted octanol–water partition coefficient (Wildman–Crippen LogP) is 3.97.